The number of carbonyl (C=O) groups excluding carboxylic acids is 3. The van der Waals surface area contributed by atoms with E-state index in [0.29, 0.717) is 5.69 Å². The van der Waals surface area contributed by atoms with Crippen molar-refractivity contribution < 1.29 is 24.0 Å². The summed E-state index contributed by atoms with van der Waals surface area (Å²) in [5, 5.41) is 13.5. The van der Waals surface area contributed by atoms with E-state index in [2.05, 4.69) is 5.32 Å². The molecular weight excluding hydrogens is 378 g/mol. The largest absolute Gasteiger partial charge is 0.452 e. The predicted octanol–water partition coefficient (Wildman–Crippen LogP) is 2.47. The fraction of sp³-hybridized carbons (Fsp3) is 0.250. The minimum Gasteiger partial charge on any atom is -0.452 e. The first-order valence-corrected chi connectivity index (χ1v) is 8.70. The fourth-order valence-corrected chi connectivity index (χ4v) is 2.43. The number of hydrogen-bond acceptors (Lipinski definition) is 6. The maximum Gasteiger partial charge on any atom is 0.338 e. The standard InChI is InChI=1S/C20H21N3O6/c1-13-7-8-14(2)17(9-13)21-18(24)11-22(3)19(25)12-29-20(26)15-5-4-6-16(10-15)23(27)28/h4-10H,11-12H2,1-3H3,(H,21,24). The van der Waals surface area contributed by atoms with Crippen molar-refractivity contribution in [2.45, 2.75) is 13.8 Å². The molecule has 2 aromatic rings. The van der Waals surface area contributed by atoms with Crippen molar-refractivity contribution in [2.24, 2.45) is 0 Å². The van der Waals surface area contributed by atoms with E-state index in [0.717, 1.165) is 22.1 Å². The second-order valence-corrected chi connectivity index (χ2v) is 6.50. The van der Waals surface area contributed by atoms with Gasteiger partial charge in [0.1, 0.15) is 0 Å². The van der Waals surface area contributed by atoms with Crippen LogP contribution in [-0.4, -0.2) is 47.8 Å². The summed E-state index contributed by atoms with van der Waals surface area (Å²) in [6.07, 6.45) is 0. The van der Waals surface area contributed by atoms with Crippen LogP contribution in [0.15, 0.2) is 42.5 Å². The molecule has 0 aliphatic rings. The number of benzene rings is 2. The van der Waals surface area contributed by atoms with Crippen molar-refractivity contribution in [1.82, 2.24) is 4.90 Å². The van der Waals surface area contributed by atoms with Gasteiger partial charge in [-0.3, -0.25) is 19.7 Å². The Hall–Kier alpha value is -3.75. The number of likely N-dealkylation sites (N-methyl/N-ethyl adjacent to an activating group) is 1. The zero-order chi connectivity index (χ0) is 21.6. The lowest BCUT2D eigenvalue weighted by Gasteiger charge is -2.17. The maximum absolute atomic E-state index is 12.2. The Morgan fingerprint density at radius 2 is 1.86 bits per heavy atom. The molecule has 152 valence electrons. The lowest BCUT2D eigenvalue weighted by molar-refractivity contribution is -0.384. The summed E-state index contributed by atoms with van der Waals surface area (Å²) in [6.45, 7) is 2.95. The molecule has 1 N–H and O–H groups in total. The maximum atomic E-state index is 12.2. The Morgan fingerprint density at radius 3 is 2.55 bits per heavy atom. The lowest BCUT2D eigenvalue weighted by atomic mass is 10.1. The average Bonchev–Trinajstić information content (AvgIpc) is 2.68. The number of ether oxygens (including phenoxy) is 1. The molecule has 0 heterocycles. The van der Waals surface area contributed by atoms with Crippen molar-refractivity contribution in [1.29, 1.82) is 0 Å². The second-order valence-electron chi connectivity index (χ2n) is 6.50. The molecule has 0 atom stereocenters. The number of nitrogens with one attached hydrogen (secondary N) is 1. The highest BCUT2D eigenvalue weighted by Crippen LogP contribution is 2.16. The van der Waals surface area contributed by atoms with E-state index in [1.807, 2.05) is 32.0 Å². The summed E-state index contributed by atoms with van der Waals surface area (Å²) in [4.78, 5) is 47.5. The number of hydrogen-bond donors (Lipinski definition) is 1. The molecule has 0 saturated carbocycles. The molecule has 0 aromatic heterocycles. The van der Waals surface area contributed by atoms with Crippen LogP contribution in [0.25, 0.3) is 0 Å². The van der Waals surface area contributed by atoms with E-state index >= 15 is 0 Å². The zero-order valence-corrected chi connectivity index (χ0v) is 16.3. The smallest absolute Gasteiger partial charge is 0.338 e. The second kappa shape index (κ2) is 9.45. The molecule has 0 radical (unpaired) electrons. The summed E-state index contributed by atoms with van der Waals surface area (Å²) >= 11 is 0. The number of esters is 1. The van der Waals surface area contributed by atoms with Crippen LogP contribution in [0.4, 0.5) is 11.4 Å². The highest BCUT2D eigenvalue weighted by atomic mass is 16.6. The minimum atomic E-state index is -0.865. The Bertz CT molecular complexity index is 957. The number of amides is 2. The molecule has 9 nitrogen and oxygen atoms in total. The molecular formula is C20H21N3O6. The highest BCUT2D eigenvalue weighted by molar-refractivity contribution is 5.96. The third-order valence-corrected chi connectivity index (χ3v) is 4.09. The van der Waals surface area contributed by atoms with Gasteiger partial charge in [-0.25, -0.2) is 4.79 Å². The van der Waals surface area contributed by atoms with Crippen LogP contribution in [-0.2, 0) is 14.3 Å². The number of anilines is 1. The molecule has 2 aromatic carbocycles. The van der Waals surface area contributed by atoms with E-state index in [4.69, 9.17) is 4.74 Å². The van der Waals surface area contributed by atoms with Gasteiger partial charge in [0.05, 0.1) is 17.0 Å². The Morgan fingerprint density at radius 1 is 1.14 bits per heavy atom. The first kappa shape index (κ1) is 21.5. The van der Waals surface area contributed by atoms with Crippen LogP contribution in [0.2, 0.25) is 0 Å². The van der Waals surface area contributed by atoms with Gasteiger partial charge in [0, 0.05) is 24.9 Å². The van der Waals surface area contributed by atoms with E-state index in [9.17, 15) is 24.5 Å². The van der Waals surface area contributed by atoms with Gasteiger partial charge in [0.25, 0.3) is 11.6 Å². The summed E-state index contributed by atoms with van der Waals surface area (Å²) in [6, 6.07) is 10.6. The minimum absolute atomic E-state index is 0.0395. The lowest BCUT2D eigenvalue weighted by Crippen LogP contribution is -2.37. The molecule has 0 aliphatic heterocycles. The normalized spacial score (nSPS) is 10.2. The zero-order valence-electron chi connectivity index (χ0n) is 16.3. The third kappa shape index (κ3) is 6.13. The number of rotatable bonds is 7. The van der Waals surface area contributed by atoms with Crippen LogP contribution in [0, 0.1) is 24.0 Å². The van der Waals surface area contributed by atoms with E-state index in [1.54, 1.807) is 0 Å². The SMILES string of the molecule is Cc1ccc(C)c(NC(=O)CN(C)C(=O)COC(=O)c2cccc([N+](=O)[O-])c2)c1. The molecule has 0 saturated heterocycles. The van der Waals surface area contributed by atoms with E-state index < -0.39 is 23.4 Å². The van der Waals surface area contributed by atoms with Crippen LogP contribution in [0.1, 0.15) is 21.5 Å². The summed E-state index contributed by atoms with van der Waals surface area (Å²) in [7, 11) is 1.41. The highest BCUT2D eigenvalue weighted by Gasteiger charge is 2.18. The van der Waals surface area contributed by atoms with E-state index in [-0.39, 0.29) is 23.7 Å². The first-order chi connectivity index (χ1) is 13.7. The van der Waals surface area contributed by atoms with Gasteiger partial charge in [-0.05, 0) is 37.1 Å². The quantitative estimate of drug-likeness (QED) is 0.434. The number of nitro groups is 1. The van der Waals surface area contributed by atoms with Gasteiger partial charge in [-0.15, -0.1) is 0 Å². The van der Waals surface area contributed by atoms with Crippen LogP contribution >= 0.6 is 0 Å². The summed E-state index contributed by atoms with van der Waals surface area (Å²) in [5.74, 6) is -1.84. The average molecular weight is 399 g/mol. The molecule has 9 heteroatoms. The van der Waals surface area contributed by atoms with Crippen molar-refractivity contribution >= 4 is 29.2 Å². The van der Waals surface area contributed by atoms with E-state index in [1.165, 1.54) is 25.2 Å². The van der Waals surface area contributed by atoms with Gasteiger partial charge < -0.3 is 15.0 Å². The third-order valence-electron chi connectivity index (χ3n) is 4.09. The number of nitro benzene ring substituents is 1. The number of carbonyl (C=O) groups is 3. The van der Waals surface area contributed by atoms with Crippen LogP contribution < -0.4 is 5.32 Å². The van der Waals surface area contributed by atoms with Crippen molar-refractivity contribution in [3.8, 4) is 0 Å². The number of aryl methyl sites for hydroxylation is 2. The predicted molar refractivity (Wildman–Crippen MR) is 106 cm³/mol. The summed E-state index contributed by atoms with van der Waals surface area (Å²) < 4.78 is 4.90. The molecule has 29 heavy (non-hydrogen) atoms. The topological polar surface area (TPSA) is 119 Å². The van der Waals surface area contributed by atoms with Gasteiger partial charge >= 0.3 is 5.97 Å². The van der Waals surface area contributed by atoms with Crippen molar-refractivity contribution in [3.63, 3.8) is 0 Å². The molecule has 2 amide bonds. The molecule has 0 spiro atoms. The summed E-state index contributed by atoms with van der Waals surface area (Å²) in [5.41, 5.74) is 2.24. The first-order valence-electron chi connectivity index (χ1n) is 8.70. The van der Waals surface area contributed by atoms with Crippen molar-refractivity contribution in [2.75, 3.05) is 25.5 Å². The molecule has 2 rings (SSSR count). The van der Waals surface area contributed by atoms with Gasteiger partial charge in [-0.2, -0.15) is 0 Å². The number of nitrogens with zero attached hydrogens (tertiary/aromatic N) is 2. The van der Waals surface area contributed by atoms with Gasteiger partial charge in [-0.1, -0.05) is 18.2 Å². The molecule has 0 bridgehead atoms. The Balaban J connectivity index is 1.87. The monoisotopic (exact) mass is 399 g/mol. The Labute approximate surface area is 167 Å². The molecule has 0 unspecified atom stereocenters. The fourth-order valence-electron chi connectivity index (χ4n) is 2.43. The molecule has 0 fully saturated rings. The van der Waals surface area contributed by atoms with Crippen molar-refractivity contribution in [3.05, 3.63) is 69.3 Å². The Kier molecular flexibility index (Phi) is 7.02. The van der Waals surface area contributed by atoms with Gasteiger partial charge in [0.2, 0.25) is 5.91 Å². The van der Waals surface area contributed by atoms with Crippen LogP contribution in [0.5, 0.6) is 0 Å². The van der Waals surface area contributed by atoms with Crippen LogP contribution in [0.3, 0.4) is 0 Å². The molecule has 0 aliphatic carbocycles. The van der Waals surface area contributed by atoms with Gasteiger partial charge in [0.15, 0.2) is 6.61 Å². The number of non-ortho nitro benzene ring substituents is 1.